The van der Waals surface area contributed by atoms with Crippen LogP contribution in [0, 0.1) is 0 Å². The first-order chi connectivity index (χ1) is 8.09. The molecule has 2 N–H and O–H groups in total. The third-order valence-electron chi connectivity index (χ3n) is 3.36. The van der Waals surface area contributed by atoms with E-state index in [0.717, 1.165) is 15.0 Å². The Morgan fingerprint density at radius 3 is 3.12 bits per heavy atom. The molecule has 2 aromatic rings. The summed E-state index contributed by atoms with van der Waals surface area (Å²) in [5.41, 5.74) is 7.01. The molecule has 2 heterocycles. The van der Waals surface area contributed by atoms with Crippen LogP contribution in [0.4, 0.5) is 0 Å². The Bertz CT molecular complexity index is 571. The smallest absolute Gasteiger partial charge is 0.104 e. The Labute approximate surface area is 112 Å². The largest absolute Gasteiger partial charge is 0.379 e. The van der Waals surface area contributed by atoms with Crippen LogP contribution in [0.5, 0.6) is 0 Å². The number of thiazole rings is 1. The molecule has 1 fully saturated rings. The van der Waals surface area contributed by atoms with Crippen LogP contribution in [0.1, 0.15) is 11.9 Å². The maximum absolute atomic E-state index is 6.13. The lowest BCUT2D eigenvalue weighted by Gasteiger charge is -2.23. The summed E-state index contributed by atoms with van der Waals surface area (Å²) in [7, 11) is 0. The second-order valence-corrected chi connectivity index (χ2v) is 6.62. The summed E-state index contributed by atoms with van der Waals surface area (Å²) in [5.74, 6) is 0. The molecule has 0 amide bonds. The summed E-state index contributed by atoms with van der Waals surface area (Å²) in [6.07, 6.45) is 0. The fourth-order valence-corrected chi connectivity index (χ4v) is 3.54. The summed E-state index contributed by atoms with van der Waals surface area (Å²) in [6, 6.07) is 6.20. The molecular formula is C12H13BrN2OS. The minimum absolute atomic E-state index is 0.0338. The van der Waals surface area contributed by atoms with Gasteiger partial charge in [-0.05, 0) is 25.1 Å². The van der Waals surface area contributed by atoms with Gasteiger partial charge in [0.15, 0.2) is 0 Å². The number of nitrogens with two attached hydrogens (primary N) is 1. The molecule has 90 valence electrons. The Morgan fingerprint density at radius 1 is 1.59 bits per heavy atom. The molecule has 2 unspecified atom stereocenters. The minimum atomic E-state index is -0.143. The number of ether oxygens (including phenoxy) is 1. The van der Waals surface area contributed by atoms with Gasteiger partial charge in [0.2, 0.25) is 0 Å². The highest BCUT2D eigenvalue weighted by atomic mass is 79.9. The monoisotopic (exact) mass is 312 g/mol. The van der Waals surface area contributed by atoms with Crippen LogP contribution >= 0.6 is 27.3 Å². The van der Waals surface area contributed by atoms with Gasteiger partial charge in [-0.2, -0.15) is 0 Å². The molecule has 0 saturated carbocycles. The molecule has 0 spiro atoms. The third-order valence-corrected chi connectivity index (χ3v) is 5.17. The van der Waals surface area contributed by atoms with Crippen molar-refractivity contribution in [2.45, 2.75) is 18.4 Å². The fraction of sp³-hybridized carbons (Fsp3) is 0.417. The third kappa shape index (κ3) is 1.81. The van der Waals surface area contributed by atoms with Crippen molar-refractivity contribution in [3.8, 4) is 0 Å². The van der Waals surface area contributed by atoms with Crippen molar-refractivity contribution in [3.63, 3.8) is 0 Å². The Morgan fingerprint density at radius 2 is 2.41 bits per heavy atom. The number of hydrogen-bond donors (Lipinski definition) is 1. The van der Waals surface area contributed by atoms with Crippen molar-refractivity contribution in [3.05, 3.63) is 27.7 Å². The van der Waals surface area contributed by atoms with Gasteiger partial charge in [0.1, 0.15) is 5.01 Å². The molecule has 3 nitrogen and oxygen atoms in total. The average Bonchev–Trinajstić information content (AvgIpc) is 2.84. The zero-order valence-electron chi connectivity index (χ0n) is 9.44. The van der Waals surface area contributed by atoms with E-state index in [4.69, 9.17) is 15.5 Å². The van der Waals surface area contributed by atoms with Gasteiger partial charge >= 0.3 is 0 Å². The lowest BCUT2D eigenvalue weighted by molar-refractivity contribution is 0.180. The predicted octanol–water partition coefficient (Wildman–Crippen LogP) is 2.67. The number of rotatable bonds is 1. The van der Waals surface area contributed by atoms with E-state index in [2.05, 4.69) is 28.9 Å². The zero-order chi connectivity index (χ0) is 12.0. The van der Waals surface area contributed by atoms with Gasteiger partial charge in [0.25, 0.3) is 0 Å². The molecule has 1 aromatic heterocycles. The Balaban J connectivity index is 2.12. The van der Waals surface area contributed by atoms with Crippen molar-refractivity contribution < 1.29 is 4.74 Å². The number of fused-ring (bicyclic) bond motifs is 1. The van der Waals surface area contributed by atoms with Crippen LogP contribution in [0.3, 0.4) is 0 Å². The molecular weight excluding hydrogens is 300 g/mol. The number of benzene rings is 1. The standard InChI is InChI=1S/C12H13BrN2OS/c1-12(6-16-5-10(12)14)11-15-8-4-7(13)2-3-9(8)17-11/h2-4,10H,5-6,14H2,1H3. The Kier molecular flexibility index (Phi) is 2.74. The topological polar surface area (TPSA) is 48.1 Å². The van der Waals surface area contributed by atoms with E-state index in [1.807, 2.05) is 12.1 Å². The van der Waals surface area contributed by atoms with Crippen molar-refractivity contribution in [2.75, 3.05) is 13.2 Å². The van der Waals surface area contributed by atoms with E-state index in [9.17, 15) is 0 Å². The number of hydrogen-bond acceptors (Lipinski definition) is 4. The van der Waals surface area contributed by atoms with E-state index in [1.54, 1.807) is 11.3 Å². The van der Waals surface area contributed by atoms with Gasteiger partial charge in [-0.25, -0.2) is 4.98 Å². The van der Waals surface area contributed by atoms with E-state index < -0.39 is 0 Å². The van der Waals surface area contributed by atoms with E-state index in [0.29, 0.717) is 13.2 Å². The molecule has 1 aromatic carbocycles. The van der Waals surface area contributed by atoms with Crippen LogP contribution in [0.2, 0.25) is 0 Å². The normalized spacial score (nSPS) is 29.0. The quantitative estimate of drug-likeness (QED) is 0.880. The second kappa shape index (κ2) is 4.02. The van der Waals surface area contributed by atoms with Crippen molar-refractivity contribution in [1.29, 1.82) is 0 Å². The highest BCUT2D eigenvalue weighted by molar-refractivity contribution is 9.10. The summed E-state index contributed by atoms with van der Waals surface area (Å²) in [4.78, 5) is 4.71. The highest BCUT2D eigenvalue weighted by Crippen LogP contribution is 2.37. The van der Waals surface area contributed by atoms with Crippen LogP contribution in [0.25, 0.3) is 10.2 Å². The molecule has 1 saturated heterocycles. The molecule has 1 aliphatic heterocycles. The fourth-order valence-electron chi connectivity index (χ4n) is 2.05. The van der Waals surface area contributed by atoms with Gasteiger partial charge in [0.05, 0.1) is 28.8 Å². The lowest BCUT2D eigenvalue weighted by Crippen LogP contribution is -2.41. The van der Waals surface area contributed by atoms with Crippen molar-refractivity contribution >= 4 is 37.5 Å². The van der Waals surface area contributed by atoms with Gasteiger partial charge < -0.3 is 10.5 Å². The predicted molar refractivity (Wildman–Crippen MR) is 73.5 cm³/mol. The maximum atomic E-state index is 6.13. The molecule has 5 heteroatoms. The van der Waals surface area contributed by atoms with E-state index in [-0.39, 0.29) is 11.5 Å². The minimum Gasteiger partial charge on any atom is -0.379 e. The molecule has 0 radical (unpaired) electrons. The molecule has 0 aliphatic carbocycles. The highest BCUT2D eigenvalue weighted by Gasteiger charge is 2.41. The van der Waals surface area contributed by atoms with E-state index in [1.165, 1.54) is 4.70 Å². The van der Waals surface area contributed by atoms with Crippen LogP contribution in [-0.4, -0.2) is 24.2 Å². The summed E-state index contributed by atoms with van der Waals surface area (Å²) in [6.45, 7) is 3.42. The molecule has 0 bridgehead atoms. The molecule has 17 heavy (non-hydrogen) atoms. The second-order valence-electron chi connectivity index (χ2n) is 4.67. The van der Waals surface area contributed by atoms with Crippen LogP contribution in [-0.2, 0) is 10.2 Å². The Hall–Kier alpha value is -0.490. The molecule has 1 aliphatic rings. The summed E-state index contributed by atoms with van der Waals surface area (Å²) in [5, 5.41) is 1.08. The first-order valence-corrected chi connectivity index (χ1v) is 7.10. The maximum Gasteiger partial charge on any atom is 0.104 e. The van der Waals surface area contributed by atoms with Gasteiger partial charge in [-0.1, -0.05) is 15.9 Å². The average molecular weight is 313 g/mol. The van der Waals surface area contributed by atoms with Gasteiger partial charge in [-0.3, -0.25) is 0 Å². The number of nitrogens with zero attached hydrogens (tertiary/aromatic N) is 1. The summed E-state index contributed by atoms with van der Waals surface area (Å²) < 4.78 is 7.73. The number of aromatic nitrogens is 1. The van der Waals surface area contributed by atoms with Crippen molar-refractivity contribution in [2.24, 2.45) is 5.73 Å². The van der Waals surface area contributed by atoms with Gasteiger partial charge in [-0.15, -0.1) is 11.3 Å². The molecule has 3 rings (SSSR count). The van der Waals surface area contributed by atoms with Crippen molar-refractivity contribution in [1.82, 2.24) is 4.98 Å². The molecule has 2 atom stereocenters. The summed E-state index contributed by atoms with van der Waals surface area (Å²) >= 11 is 5.18. The SMILES string of the molecule is CC1(c2nc3cc(Br)ccc3s2)COCC1N. The van der Waals surface area contributed by atoms with Gasteiger partial charge in [0, 0.05) is 10.5 Å². The number of halogens is 1. The lowest BCUT2D eigenvalue weighted by atomic mass is 9.87. The zero-order valence-corrected chi connectivity index (χ0v) is 11.8. The van der Waals surface area contributed by atoms with Crippen LogP contribution < -0.4 is 5.73 Å². The first kappa shape index (κ1) is 11.6. The van der Waals surface area contributed by atoms with E-state index >= 15 is 0 Å². The first-order valence-electron chi connectivity index (χ1n) is 5.49. The van der Waals surface area contributed by atoms with Crippen LogP contribution in [0.15, 0.2) is 22.7 Å².